The Hall–Kier alpha value is -1.84. The Morgan fingerprint density at radius 3 is 1.31 bits per heavy atom. The molecule has 29 heavy (non-hydrogen) atoms. The zero-order valence-corrected chi connectivity index (χ0v) is 17.6. The summed E-state index contributed by atoms with van der Waals surface area (Å²) in [6, 6.07) is 4.74. The van der Waals surface area contributed by atoms with Crippen molar-refractivity contribution in [1.29, 1.82) is 0 Å². The van der Waals surface area contributed by atoms with E-state index in [1.807, 2.05) is 0 Å². The maximum absolute atomic E-state index is 11.9. The van der Waals surface area contributed by atoms with Crippen molar-refractivity contribution in [2.45, 2.75) is 95.8 Å². The number of carboxylic acid groups (broad SMARTS) is 2. The first kappa shape index (κ1) is 21.9. The van der Waals surface area contributed by atoms with Crippen molar-refractivity contribution < 1.29 is 19.8 Å². The topological polar surface area (TPSA) is 74.6 Å². The highest BCUT2D eigenvalue weighted by atomic mass is 16.4. The Balaban J connectivity index is 0.000000536. The van der Waals surface area contributed by atoms with Crippen molar-refractivity contribution in [2.75, 3.05) is 0 Å². The van der Waals surface area contributed by atoms with Crippen molar-refractivity contribution in [3.8, 4) is 0 Å². The van der Waals surface area contributed by atoms with Crippen LogP contribution in [-0.4, -0.2) is 22.2 Å². The molecule has 4 heteroatoms. The number of hydrogen-bond donors (Lipinski definition) is 2. The van der Waals surface area contributed by atoms with E-state index in [0.29, 0.717) is 17.4 Å². The maximum atomic E-state index is 11.9. The van der Waals surface area contributed by atoms with Crippen LogP contribution in [0.3, 0.4) is 0 Å². The van der Waals surface area contributed by atoms with Crippen molar-refractivity contribution in [2.24, 2.45) is 11.8 Å². The summed E-state index contributed by atoms with van der Waals surface area (Å²) in [5, 5.41) is 19.4. The minimum Gasteiger partial charge on any atom is -0.478 e. The molecule has 0 heterocycles. The van der Waals surface area contributed by atoms with Crippen LogP contribution in [0.1, 0.15) is 122 Å². The lowest BCUT2D eigenvalue weighted by atomic mass is 9.65. The highest BCUT2D eigenvalue weighted by molar-refractivity contribution is 5.97. The molecule has 2 N–H and O–H groups in total. The lowest BCUT2D eigenvalue weighted by Crippen LogP contribution is -2.29. The molecule has 3 saturated carbocycles. The molecule has 0 atom stereocenters. The zero-order valence-electron chi connectivity index (χ0n) is 17.6. The number of carboxylic acids is 2. The van der Waals surface area contributed by atoms with Gasteiger partial charge in [-0.25, -0.2) is 9.59 Å². The lowest BCUT2D eigenvalue weighted by molar-refractivity contribution is 0.0689. The highest BCUT2D eigenvalue weighted by Gasteiger charge is 2.37. The minimum atomic E-state index is -1.00. The van der Waals surface area contributed by atoms with Crippen LogP contribution < -0.4 is 0 Å². The predicted molar refractivity (Wildman–Crippen MR) is 115 cm³/mol. The summed E-state index contributed by atoms with van der Waals surface area (Å²) >= 11 is 0. The van der Waals surface area contributed by atoms with Crippen LogP contribution in [0.2, 0.25) is 0 Å². The predicted octanol–water partition coefficient (Wildman–Crippen LogP) is 6.89. The van der Waals surface area contributed by atoms with E-state index in [-0.39, 0.29) is 17.0 Å². The SMILES string of the molecule is C1CCC1.O=C(O)c1cccc(C(=O)O)c1C(C1CCCCC1)C1CCCCC1. The Bertz CT molecular complexity index is 626. The van der Waals surface area contributed by atoms with E-state index in [1.165, 1.54) is 64.2 Å². The third-order valence-electron chi connectivity index (χ3n) is 7.22. The molecule has 0 unspecified atom stereocenters. The fourth-order valence-corrected chi connectivity index (χ4v) is 5.39. The summed E-state index contributed by atoms with van der Waals surface area (Å²) in [7, 11) is 0. The molecule has 4 rings (SSSR count). The van der Waals surface area contributed by atoms with E-state index in [1.54, 1.807) is 18.2 Å². The summed E-state index contributed by atoms with van der Waals surface area (Å²) in [5.74, 6) is -1.12. The first-order valence-corrected chi connectivity index (χ1v) is 11.7. The third-order valence-corrected chi connectivity index (χ3v) is 7.22. The molecular weight excluding hydrogens is 364 g/mol. The first-order valence-electron chi connectivity index (χ1n) is 11.7. The monoisotopic (exact) mass is 400 g/mol. The molecule has 0 saturated heterocycles. The number of aromatic carboxylic acids is 2. The van der Waals surface area contributed by atoms with Crippen molar-refractivity contribution in [3.05, 3.63) is 34.9 Å². The van der Waals surface area contributed by atoms with Crippen LogP contribution in [0.4, 0.5) is 0 Å². The van der Waals surface area contributed by atoms with E-state index < -0.39 is 11.9 Å². The quantitative estimate of drug-likeness (QED) is 0.564. The maximum Gasteiger partial charge on any atom is 0.335 e. The van der Waals surface area contributed by atoms with Gasteiger partial charge in [-0.2, -0.15) is 0 Å². The average molecular weight is 401 g/mol. The van der Waals surface area contributed by atoms with Gasteiger partial charge in [0.15, 0.2) is 0 Å². The molecule has 0 amide bonds. The summed E-state index contributed by atoms with van der Waals surface area (Å²) in [5.41, 5.74) is 0.989. The highest BCUT2D eigenvalue weighted by Crippen LogP contribution is 2.47. The molecule has 0 spiro atoms. The van der Waals surface area contributed by atoms with Gasteiger partial charge in [-0.3, -0.25) is 0 Å². The fourth-order valence-electron chi connectivity index (χ4n) is 5.39. The molecule has 0 aliphatic heterocycles. The second-order valence-electron chi connectivity index (χ2n) is 9.11. The van der Waals surface area contributed by atoms with E-state index in [2.05, 4.69) is 0 Å². The van der Waals surface area contributed by atoms with E-state index in [9.17, 15) is 19.8 Å². The zero-order chi connectivity index (χ0) is 20.6. The van der Waals surface area contributed by atoms with E-state index in [0.717, 1.165) is 25.7 Å². The van der Waals surface area contributed by atoms with Crippen LogP contribution in [0.15, 0.2) is 18.2 Å². The van der Waals surface area contributed by atoms with Gasteiger partial charge in [0.2, 0.25) is 0 Å². The van der Waals surface area contributed by atoms with Gasteiger partial charge in [0.25, 0.3) is 0 Å². The molecule has 160 valence electrons. The van der Waals surface area contributed by atoms with Crippen LogP contribution in [-0.2, 0) is 0 Å². The van der Waals surface area contributed by atoms with Crippen LogP contribution in [0.25, 0.3) is 0 Å². The smallest absolute Gasteiger partial charge is 0.335 e. The molecule has 4 nitrogen and oxygen atoms in total. The minimum absolute atomic E-state index is 0.0685. The summed E-state index contributed by atoms with van der Waals surface area (Å²) in [6.45, 7) is 0. The van der Waals surface area contributed by atoms with Gasteiger partial charge in [0.05, 0.1) is 11.1 Å². The van der Waals surface area contributed by atoms with Crippen molar-refractivity contribution in [3.63, 3.8) is 0 Å². The standard InChI is InChI=1S/C21H28O4.C4H8/c22-20(23)16-12-7-13-17(21(24)25)19(16)18(14-8-3-1-4-9-14)15-10-5-2-6-11-15;1-2-4-3-1/h7,12-15,18H,1-6,8-11H2,(H,22,23)(H,24,25);1-4H2. The summed E-state index contributed by atoms with van der Waals surface area (Å²) in [4.78, 5) is 23.7. The molecule has 0 bridgehead atoms. The van der Waals surface area contributed by atoms with Gasteiger partial charge in [-0.1, -0.05) is 70.3 Å². The number of hydrogen-bond acceptors (Lipinski definition) is 2. The second-order valence-corrected chi connectivity index (χ2v) is 9.11. The Labute approximate surface area is 174 Å². The van der Waals surface area contributed by atoms with Crippen LogP contribution in [0.5, 0.6) is 0 Å². The van der Waals surface area contributed by atoms with Gasteiger partial charge >= 0.3 is 11.9 Å². The van der Waals surface area contributed by atoms with Gasteiger partial charge in [0.1, 0.15) is 0 Å². The Morgan fingerprint density at radius 1 is 0.655 bits per heavy atom. The normalized spacial score (nSPS) is 20.4. The molecule has 1 aromatic carbocycles. The molecule has 1 aromatic rings. The molecule has 3 aliphatic carbocycles. The Morgan fingerprint density at radius 2 is 1.00 bits per heavy atom. The summed E-state index contributed by atoms with van der Waals surface area (Å²) < 4.78 is 0. The van der Waals surface area contributed by atoms with Crippen molar-refractivity contribution >= 4 is 11.9 Å². The molecular formula is C25H36O4. The number of benzene rings is 1. The Kier molecular flexibility index (Phi) is 8.14. The van der Waals surface area contributed by atoms with Gasteiger partial charge in [-0.15, -0.1) is 0 Å². The molecule has 0 radical (unpaired) electrons. The van der Waals surface area contributed by atoms with Crippen LogP contribution >= 0.6 is 0 Å². The van der Waals surface area contributed by atoms with Crippen LogP contribution in [0, 0.1) is 11.8 Å². The van der Waals surface area contributed by atoms with E-state index in [4.69, 9.17) is 0 Å². The molecule has 3 aliphatic rings. The van der Waals surface area contributed by atoms with Gasteiger partial charge in [0, 0.05) is 0 Å². The van der Waals surface area contributed by atoms with E-state index >= 15 is 0 Å². The molecule has 0 aromatic heterocycles. The largest absolute Gasteiger partial charge is 0.478 e. The first-order chi connectivity index (χ1) is 14.1. The number of carbonyl (C=O) groups is 2. The van der Waals surface area contributed by atoms with Crippen molar-refractivity contribution in [1.82, 2.24) is 0 Å². The fraction of sp³-hybridized carbons (Fsp3) is 0.680. The lowest BCUT2D eigenvalue weighted by Gasteiger charge is -2.39. The second kappa shape index (κ2) is 10.8. The van der Waals surface area contributed by atoms with Gasteiger partial charge in [-0.05, 0) is 61.1 Å². The van der Waals surface area contributed by atoms with Gasteiger partial charge < -0.3 is 10.2 Å². The molecule has 3 fully saturated rings. The average Bonchev–Trinajstić information content (AvgIpc) is 2.68. The third kappa shape index (κ3) is 5.61. The number of rotatable bonds is 5. The summed E-state index contributed by atoms with van der Waals surface area (Å²) in [6.07, 6.45) is 17.5.